The summed E-state index contributed by atoms with van der Waals surface area (Å²) >= 11 is 12.1. The van der Waals surface area contributed by atoms with E-state index in [0.717, 1.165) is 5.56 Å². The van der Waals surface area contributed by atoms with Crippen molar-refractivity contribution >= 4 is 34.9 Å². The summed E-state index contributed by atoms with van der Waals surface area (Å²) < 4.78 is 5.63. The van der Waals surface area contributed by atoms with Gasteiger partial charge in [-0.2, -0.15) is 0 Å². The fourth-order valence-electron chi connectivity index (χ4n) is 2.31. The molecule has 2 aromatic rings. The van der Waals surface area contributed by atoms with Gasteiger partial charge in [-0.15, -0.1) is 0 Å². The molecule has 4 nitrogen and oxygen atoms in total. The topological polar surface area (TPSA) is 55.4 Å². The van der Waals surface area contributed by atoms with Crippen LogP contribution in [0.15, 0.2) is 42.5 Å². The van der Waals surface area contributed by atoms with Crippen LogP contribution in [-0.4, -0.2) is 17.8 Å². The van der Waals surface area contributed by atoms with Gasteiger partial charge in [-0.3, -0.25) is 9.59 Å². The van der Waals surface area contributed by atoms with Crippen molar-refractivity contribution in [3.8, 4) is 5.75 Å². The van der Waals surface area contributed by atoms with Gasteiger partial charge in [0.2, 0.25) is 0 Å². The van der Waals surface area contributed by atoms with Crippen molar-refractivity contribution in [2.45, 2.75) is 32.9 Å². The van der Waals surface area contributed by atoms with Gasteiger partial charge in [0.05, 0.1) is 6.04 Å². The number of ketones is 1. The first-order chi connectivity index (χ1) is 11.8. The lowest BCUT2D eigenvalue weighted by Gasteiger charge is -2.20. The molecule has 2 rings (SSSR count). The van der Waals surface area contributed by atoms with E-state index in [1.165, 1.54) is 6.92 Å². The monoisotopic (exact) mass is 379 g/mol. The van der Waals surface area contributed by atoms with Gasteiger partial charge < -0.3 is 10.1 Å². The zero-order valence-corrected chi connectivity index (χ0v) is 15.7. The van der Waals surface area contributed by atoms with Gasteiger partial charge in [0.1, 0.15) is 5.75 Å². The Morgan fingerprint density at radius 3 is 2.44 bits per heavy atom. The molecular formula is C19H19Cl2NO3. The third-order valence-electron chi connectivity index (χ3n) is 3.71. The molecule has 0 radical (unpaired) electrons. The Bertz CT molecular complexity index is 792. The summed E-state index contributed by atoms with van der Waals surface area (Å²) in [5.41, 5.74) is 1.30. The highest BCUT2D eigenvalue weighted by Crippen LogP contribution is 2.26. The summed E-state index contributed by atoms with van der Waals surface area (Å²) in [6, 6.07) is 11.6. The molecule has 0 aromatic heterocycles. The van der Waals surface area contributed by atoms with Crippen molar-refractivity contribution in [3.05, 3.63) is 63.6 Å². The van der Waals surface area contributed by atoms with E-state index in [0.29, 0.717) is 21.4 Å². The molecule has 0 aliphatic heterocycles. The average Bonchev–Trinajstić information content (AvgIpc) is 2.54. The zero-order chi connectivity index (χ0) is 18.6. The highest BCUT2D eigenvalue weighted by Gasteiger charge is 2.19. The van der Waals surface area contributed by atoms with Crippen molar-refractivity contribution < 1.29 is 14.3 Å². The van der Waals surface area contributed by atoms with E-state index in [1.54, 1.807) is 49.4 Å². The van der Waals surface area contributed by atoms with E-state index in [9.17, 15) is 9.59 Å². The van der Waals surface area contributed by atoms with E-state index < -0.39 is 6.10 Å². The van der Waals surface area contributed by atoms with Crippen LogP contribution in [-0.2, 0) is 4.79 Å². The first-order valence-electron chi connectivity index (χ1n) is 7.81. The summed E-state index contributed by atoms with van der Waals surface area (Å²) in [6.45, 7) is 4.95. The number of nitrogens with one attached hydrogen (secondary N) is 1. The normalized spacial score (nSPS) is 13.0. The third kappa shape index (κ3) is 5.21. The van der Waals surface area contributed by atoms with Crippen LogP contribution < -0.4 is 10.1 Å². The predicted molar refractivity (Wildman–Crippen MR) is 99.6 cm³/mol. The fourth-order valence-corrected chi connectivity index (χ4v) is 2.88. The maximum Gasteiger partial charge on any atom is 0.261 e. The Hall–Kier alpha value is -2.04. The van der Waals surface area contributed by atoms with Gasteiger partial charge in [0.25, 0.3) is 5.91 Å². The Morgan fingerprint density at radius 1 is 1.08 bits per heavy atom. The van der Waals surface area contributed by atoms with Crippen LogP contribution in [0, 0.1) is 0 Å². The van der Waals surface area contributed by atoms with Gasteiger partial charge in [0, 0.05) is 15.6 Å². The quantitative estimate of drug-likeness (QED) is 0.730. The molecule has 0 saturated heterocycles. The van der Waals surface area contributed by atoms with Crippen molar-refractivity contribution in [1.82, 2.24) is 5.32 Å². The maximum atomic E-state index is 12.4. The Labute approximate surface area is 157 Å². The number of hydrogen-bond acceptors (Lipinski definition) is 3. The Morgan fingerprint density at radius 2 is 1.80 bits per heavy atom. The summed E-state index contributed by atoms with van der Waals surface area (Å²) in [6.07, 6.45) is -0.726. The van der Waals surface area contributed by atoms with Crippen LogP contribution in [0.25, 0.3) is 0 Å². The molecule has 132 valence electrons. The van der Waals surface area contributed by atoms with E-state index in [1.807, 2.05) is 6.92 Å². The first-order valence-corrected chi connectivity index (χ1v) is 8.56. The molecular weight excluding hydrogens is 361 g/mol. The molecule has 0 heterocycles. The molecule has 2 atom stereocenters. The average molecular weight is 380 g/mol. The molecule has 6 heteroatoms. The number of ether oxygens (including phenoxy) is 1. The molecule has 0 saturated carbocycles. The first kappa shape index (κ1) is 19.3. The number of benzene rings is 2. The summed E-state index contributed by atoms with van der Waals surface area (Å²) in [7, 11) is 0. The molecule has 2 aromatic carbocycles. The summed E-state index contributed by atoms with van der Waals surface area (Å²) in [4.78, 5) is 23.8. The largest absolute Gasteiger partial charge is 0.481 e. The minimum Gasteiger partial charge on any atom is -0.481 e. The van der Waals surface area contributed by atoms with Crippen LogP contribution in [0.4, 0.5) is 0 Å². The van der Waals surface area contributed by atoms with E-state index in [-0.39, 0.29) is 17.7 Å². The van der Waals surface area contributed by atoms with Crippen molar-refractivity contribution in [3.63, 3.8) is 0 Å². The summed E-state index contributed by atoms with van der Waals surface area (Å²) in [5, 5.41) is 3.88. The van der Waals surface area contributed by atoms with Gasteiger partial charge in [-0.1, -0.05) is 41.4 Å². The van der Waals surface area contributed by atoms with Crippen LogP contribution >= 0.6 is 23.2 Å². The molecule has 0 unspecified atom stereocenters. The second-order valence-corrected chi connectivity index (χ2v) is 6.58. The lowest BCUT2D eigenvalue weighted by atomic mass is 10.1. The minimum absolute atomic E-state index is 0.0615. The van der Waals surface area contributed by atoms with E-state index >= 15 is 0 Å². The van der Waals surface area contributed by atoms with Gasteiger partial charge in [-0.25, -0.2) is 0 Å². The molecule has 0 aliphatic rings. The van der Waals surface area contributed by atoms with E-state index in [4.69, 9.17) is 27.9 Å². The molecule has 0 bridgehead atoms. The van der Waals surface area contributed by atoms with Gasteiger partial charge in [0.15, 0.2) is 11.9 Å². The van der Waals surface area contributed by atoms with Crippen molar-refractivity contribution in [2.75, 3.05) is 0 Å². The number of carbonyl (C=O) groups excluding carboxylic acids is 2. The number of hydrogen-bond donors (Lipinski definition) is 1. The fraction of sp³-hybridized carbons (Fsp3) is 0.263. The Kier molecular flexibility index (Phi) is 6.45. The molecule has 1 amide bonds. The minimum atomic E-state index is -0.726. The number of carbonyl (C=O) groups is 2. The molecule has 0 fully saturated rings. The van der Waals surface area contributed by atoms with Crippen molar-refractivity contribution in [1.29, 1.82) is 0 Å². The number of amides is 1. The van der Waals surface area contributed by atoms with Gasteiger partial charge >= 0.3 is 0 Å². The smallest absolute Gasteiger partial charge is 0.261 e. The van der Waals surface area contributed by atoms with Gasteiger partial charge in [-0.05, 0) is 50.6 Å². The summed E-state index contributed by atoms with van der Waals surface area (Å²) in [5.74, 6) is 0.118. The lowest BCUT2D eigenvalue weighted by molar-refractivity contribution is -0.127. The molecule has 1 N–H and O–H groups in total. The molecule has 25 heavy (non-hydrogen) atoms. The molecule has 0 aliphatic carbocycles. The Balaban J connectivity index is 2.02. The highest BCUT2D eigenvalue weighted by molar-refractivity contribution is 6.35. The second-order valence-electron chi connectivity index (χ2n) is 5.74. The lowest BCUT2D eigenvalue weighted by Crippen LogP contribution is -2.37. The van der Waals surface area contributed by atoms with Crippen LogP contribution in [0.5, 0.6) is 5.75 Å². The van der Waals surface area contributed by atoms with Crippen LogP contribution in [0.3, 0.4) is 0 Å². The highest BCUT2D eigenvalue weighted by atomic mass is 35.5. The SMILES string of the molecule is CC(=O)c1cccc(O[C@@H](C)C(=O)N[C@@H](C)c2ccc(Cl)cc2Cl)c1. The predicted octanol–water partition coefficient (Wildman–Crippen LogP) is 4.84. The van der Waals surface area contributed by atoms with Crippen molar-refractivity contribution in [2.24, 2.45) is 0 Å². The second kappa shape index (κ2) is 8.37. The zero-order valence-electron chi connectivity index (χ0n) is 14.2. The number of rotatable bonds is 6. The van der Waals surface area contributed by atoms with Crippen LogP contribution in [0.1, 0.15) is 42.7 Å². The molecule has 0 spiro atoms. The van der Waals surface area contributed by atoms with E-state index in [2.05, 4.69) is 5.32 Å². The number of halogens is 2. The third-order valence-corrected chi connectivity index (χ3v) is 4.27. The standard InChI is InChI=1S/C19H19Cl2NO3/c1-11(17-8-7-15(20)10-18(17)21)22-19(24)13(3)25-16-6-4-5-14(9-16)12(2)23/h4-11,13H,1-3H3,(H,22,24)/t11-,13-/m0/s1. The van der Waals surface area contributed by atoms with Crippen LogP contribution in [0.2, 0.25) is 10.0 Å². The maximum absolute atomic E-state index is 12.4. The number of Topliss-reactive ketones (excluding diaryl/α,β-unsaturated/α-hetero) is 1.